The molecule has 0 amide bonds. The first-order valence-electron chi connectivity index (χ1n) is 8.36. The summed E-state index contributed by atoms with van der Waals surface area (Å²) in [4.78, 5) is 12.9. The van der Waals surface area contributed by atoms with Crippen LogP contribution in [0.15, 0.2) is 33.5 Å². The van der Waals surface area contributed by atoms with Crippen molar-refractivity contribution in [3.63, 3.8) is 0 Å². The van der Waals surface area contributed by atoms with Gasteiger partial charge in [0.2, 0.25) is 18.3 Å². The summed E-state index contributed by atoms with van der Waals surface area (Å²) in [5.41, 5.74) is 0.557. The van der Waals surface area contributed by atoms with Crippen molar-refractivity contribution in [1.82, 2.24) is 0 Å². The Morgan fingerprint density at radius 3 is 2.29 bits per heavy atom. The summed E-state index contributed by atoms with van der Waals surface area (Å²) in [6.45, 7) is 0.0664. The Balaban J connectivity index is 2.00. The molecule has 3 aromatic rings. The topological polar surface area (TPSA) is 85.6 Å². The van der Waals surface area contributed by atoms with Gasteiger partial charge in [0.15, 0.2) is 28.4 Å². The molecule has 0 saturated carbocycles. The molecule has 1 aliphatic heterocycles. The molecule has 146 valence electrons. The Morgan fingerprint density at radius 1 is 0.857 bits per heavy atom. The number of fused-ring (bicyclic) bond motifs is 2. The molecule has 0 spiro atoms. The van der Waals surface area contributed by atoms with Gasteiger partial charge in [-0.25, -0.2) is 0 Å². The van der Waals surface area contributed by atoms with Gasteiger partial charge in [0, 0.05) is 6.07 Å². The minimum absolute atomic E-state index is 0.0664. The van der Waals surface area contributed by atoms with E-state index in [0.29, 0.717) is 45.6 Å². The van der Waals surface area contributed by atoms with Crippen LogP contribution < -0.4 is 33.8 Å². The molecule has 8 heteroatoms. The highest BCUT2D eigenvalue weighted by Gasteiger charge is 2.28. The fourth-order valence-corrected chi connectivity index (χ4v) is 3.27. The van der Waals surface area contributed by atoms with E-state index in [4.69, 9.17) is 32.8 Å². The largest absolute Gasteiger partial charge is 0.493 e. The van der Waals surface area contributed by atoms with E-state index >= 15 is 0 Å². The van der Waals surface area contributed by atoms with Crippen LogP contribution in [0.2, 0.25) is 0 Å². The van der Waals surface area contributed by atoms with Crippen molar-refractivity contribution >= 4 is 11.0 Å². The summed E-state index contributed by atoms with van der Waals surface area (Å²) >= 11 is 0. The fraction of sp³-hybridized carbons (Fsp3) is 0.250. The van der Waals surface area contributed by atoms with Gasteiger partial charge in [-0.3, -0.25) is 4.79 Å². The molecular formula is C20H18O8. The quantitative estimate of drug-likeness (QED) is 0.661. The predicted molar refractivity (Wildman–Crippen MR) is 100 cm³/mol. The average Bonchev–Trinajstić information content (AvgIpc) is 3.19. The van der Waals surface area contributed by atoms with Gasteiger partial charge in [-0.1, -0.05) is 0 Å². The Bertz CT molecular complexity index is 1120. The molecule has 2 heterocycles. The second-order valence-corrected chi connectivity index (χ2v) is 5.87. The standard InChI is InChI=1S/C20H18O8/c1-22-13-6-5-12-16(18(13)24-3)11(21)8-14(28-12)10-7-15-19(27-9-26-15)20(25-4)17(10)23-2/h5-8H,9H2,1-4H3. The maximum Gasteiger partial charge on any atom is 0.231 e. The fourth-order valence-electron chi connectivity index (χ4n) is 3.27. The summed E-state index contributed by atoms with van der Waals surface area (Å²) in [5.74, 6) is 2.70. The summed E-state index contributed by atoms with van der Waals surface area (Å²) in [6.07, 6.45) is 0. The first-order chi connectivity index (χ1) is 13.6. The Morgan fingerprint density at radius 2 is 1.61 bits per heavy atom. The van der Waals surface area contributed by atoms with Crippen molar-refractivity contribution in [3.05, 3.63) is 34.5 Å². The zero-order valence-corrected chi connectivity index (χ0v) is 15.8. The number of hydrogen-bond acceptors (Lipinski definition) is 8. The molecule has 2 aromatic carbocycles. The molecular weight excluding hydrogens is 368 g/mol. The Kier molecular flexibility index (Phi) is 4.38. The zero-order valence-electron chi connectivity index (χ0n) is 15.8. The average molecular weight is 386 g/mol. The van der Waals surface area contributed by atoms with Crippen molar-refractivity contribution in [2.75, 3.05) is 35.2 Å². The van der Waals surface area contributed by atoms with E-state index in [0.717, 1.165) is 0 Å². The van der Waals surface area contributed by atoms with E-state index in [1.807, 2.05) is 0 Å². The Labute approximate surface area is 160 Å². The molecule has 8 nitrogen and oxygen atoms in total. The van der Waals surface area contributed by atoms with Gasteiger partial charge < -0.3 is 32.8 Å². The van der Waals surface area contributed by atoms with E-state index in [1.54, 1.807) is 18.2 Å². The molecule has 0 atom stereocenters. The molecule has 0 radical (unpaired) electrons. The number of rotatable bonds is 5. The molecule has 0 bridgehead atoms. The van der Waals surface area contributed by atoms with Crippen LogP contribution in [-0.4, -0.2) is 35.2 Å². The van der Waals surface area contributed by atoms with Gasteiger partial charge in [-0.2, -0.15) is 0 Å². The van der Waals surface area contributed by atoms with Crippen LogP contribution in [-0.2, 0) is 0 Å². The lowest BCUT2D eigenvalue weighted by Crippen LogP contribution is -2.04. The first kappa shape index (κ1) is 17.8. The molecule has 0 unspecified atom stereocenters. The monoisotopic (exact) mass is 386 g/mol. The maximum atomic E-state index is 12.9. The second-order valence-electron chi connectivity index (χ2n) is 5.87. The van der Waals surface area contributed by atoms with E-state index in [1.165, 1.54) is 34.5 Å². The molecule has 0 saturated heterocycles. The third kappa shape index (κ3) is 2.57. The lowest BCUT2D eigenvalue weighted by Gasteiger charge is -2.15. The van der Waals surface area contributed by atoms with Crippen LogP contribution in [0, 0.1) is 0 Å². The highest BCUT2D eigenvalue weighted by molar-refractivity contribution is 5.88. The number of benzene rings is 2. The van der Waals surface area contributed by atoms with Gasteiger partial charge in [0.05, 0.1) is 34.0 Å². The van der Waals surface area contributed by atoms with Crippen LogP contribution in [0.5, 0.6) is 34.5 Å². The van der Waals surface area contributed by atoms with Crippen molar-refractivity contribution in [2.45, 2.75) is 0 Å². The van der Waals surface area contributed by atoms with E-state index in [-0.39, 0.29) is 23.4 Å². The maximum absolute atomic E-state index is 12.9. The van der Waals surface area contributed by atoms with E-state index in [9.17, 15) is 4.79 Å². The van der Waals surface area contributed by atoms with Crippen LogP contribution in [0.3, 0.4) is 0 Å². The van der Waals surface area contributed by atoms with Gasteiger partial charge in [-0.05, 0) is 18.2 Å². The minimum atomic E-state index is -0.286. The SMILES string of the molecule is COc1ccc2oc(-c3cc4c(c(OC)c3OC)OCO4)cc(=O)c2c1OC. The number of methoxy groups -OCH3 is 4. The highest BCUT2D eigenvalue weighted by atomic mass is 16.7. The summed E-state index contributed by atoms with van der Waals surface area (Å²) in [5, 5.41) is 0.289. The molecule has 28 heavy (non-hydrogen) atoms. The van der Waals surface area contributed by atoms with Gasteiger partial charge in [-0.15, -0.1) is 0 Å². The second kappa shape index (κ2) is 6.88. The van der Waals surface area contributed by atoms with E-state index < -0.39 is 0 Å². The van der Waals surface area contributed by atoms with Gasteiger partial charge in [0.25, 0.3) is 0 Å². The van der Waals surface area contributed by atoms with Crippen LogP contribution in [0.1, 0.15) is 0 Å². The lowest BCUT2D eigenvalue weighted by atomic mass is 10.1. The van der Waals surface area contributed by atoms with E-state index in [2.05, 4.69) is 0 Å². The van der Waals surface area contributed by atoms with Crippen LogP contribution in [0.25, 0.3) is 22.3 Å². The third-order valence-corrected chi connectivity index (χ3v) is 4.48. The summed E-state index contributed by atoms with van der Waals surface area (Å²) in [7, 11) is 5.97. The third-order valence-electron chi connectivity index (χ3n) is 4.48. The molecule has 0 fully saturated rings. The number of ether oxygens (including phenoxy) is 6. The minimum Gasteiger partial charge on any atom is -0.493 e. The lowest BCUT2D eigenvalue weighted by molar-refractivity contribution is 0.170. The molecule has 0 N–H and O–H groups in total. The smallest absolute Gasteiger partial charge is 0.231 e. The first-order valence-corrected chi connectivity index (χ1v) is 8.36. The zero-order chi connectivity index (χ0) is 19.8. The predicted octanol–water partition coefficient (Wildman–Crippen LogP) is 3.22. The summed E-state index contributed by atoms with van der Waals surface area (Å²) < 4.78 is 38.5. The molecule has 1 aromatic heterocycles. The van der Waals surface area contributed by atoms with Crippen molar-refractivity contribution in [2.24, 2.45) is 0 Å². The van der Waals surface area contributed by atoms with Gasteiger partial charge >= 0.3 is 0 Å². The van der Waals surface area contributed by atoms with Crippen molar-refractivity contribution in [1.29, 1.82) is 0 Å². The molecule has 0 aliphatic carbocycles. The molecule has 1 aliphatic rings. The Hall–Kier alpha value is -3.55. The number of hydrogen-bond donors (Lipinski definition) is 0. The highest BCUT2D eigenvalue weighted by Crippen LogP contribution is 2.52. The van der Waals surface area contributed by atoms with Gasteiger partial charge in [0.1, 0.15) is 16.7 Å². The van der Waals surface area contributed by atoms with Crippen molar-refractivity contribution < 1.29 is 32.8 Å². The van der Waals surface area contributed by atoms with Crippen LogP contribution in [0.4, 0.5) is 0 Å². The molecule has 4 rings (SSSR count). The normalized spacial score (nSPS) is 12.1. The summed E-state index contributed by atoms with van der Waals surface area (Å²) in [6, 6.07) is 6.38. The van der Waals surface area contributed by atoms with Crippen molar-refractivity contribution in [3.8, 4) is 45.8 Å². The van der Waals surface area contributed by atoms with Crippen LogP contribution >= 0.6 is 0 Å².